The molecule has 0 radical (unpaired) electrons. The third-order valence-corrected chi connectivity index (χ3v) is 4.50. The van der Waals surface area contributed by atoms with E-state index in [-0.39, 0.29) is 0 Å². The van der Waals surface area contributed by atoms with Crippen molar-refractivity contribution in [3.8, 4) is 0 Å². The summed E-state index contributed by atoms with van der Waals surface area (Å²) < 4.78 is 0. The van der Waals surface area contributed by atoms with E-state index in [9.17, 15) is 0 Å². The summed E-state index contributed by atoms with van der Waals surface area (Å²) in [4.78, 5) is 4.99. The molecule has 0 saturated heterocycles. The Labute approximate surface area is 108 Å². The van der Waals surface area contributed by atoms with Crippen LogP contribution in [-0.2, 0) is 0 Å². The lowest BCUT2D eigenvalue weighted by molar-refractivity contribution is 0.0157. The fraction of sp³-hybridized carbons (Fsp3) is 1.00. The van der Waals surface area contributed by atoms with E-state index < -0.39 is 0 Å². The van der Waals surface area contributed by atoms with Gasteiger partial charge >= 0.3 is 0 Å². The Morgan fingerprint density at radius 3 is 2.18 bits per heavy atom. The van der Waals surface area contributed by atoms with Crippen LogP contribution in [0.25, 0.3) is 0 Å². The quantitative estimate of drug-likeness (QED) is 0.699. The van der Waals surface area contributed by atoms with Gasteiger partial charge in [-0.05, 0) is 53.4 Å². The molecular formula is C14H31N3. The molecular weight excluding hydrogens is 210 g/mol. The van der Waals surface area contributed by atoms with Gasteiger partial charge in [0.2, 0.25) is 0 Å². The fourth-order valence-electron chi connectivity index (χ4n) is 2.85. The molecule has 0 spiro atoms. The molecule has 0 heterocycles. The predicted molar refractivity (Wildman–Crippen MR) is 75.5 cm³/mol. The standard InChI is InChI=1S/C14H31N3/c1-6-13(11-15-7-2)17(5)12-14(16(3)4)9-8-10-14/h13,15H,6-12H2,1-5H3. The molecule has 1 unspecified atom stereocenters. The van der Waals surface area contributed by atoms with Gasteiger partial charge in [0.15, 0.2) is 0 Å². The third-order valence-electron chi connectivity index (χ3n) is 4.50. The second kappa shape index (κ2) is 6.72. The van der Waals surface area contributed by atoms with Gasteiger partial charge in [0, 0.05) is 24.7 Å². The minimum Gasteiger partial charge on any atom is -0.315 e. The van der Waals surface area contributed by atoms with E-state index in [0.717, 1.165) is 13.1 Å². The summed E-state index contributed by atoms with van der Waals surface area (Å²) in [5.74, 6) is 0. The van der Waals surface area contributed by atoms with Crippen LogP contribution in [0.15, 0.2) is 0 Å². The lowest BCUT2D eigenvalue weighted by Crippen LogP contribution is -2.58. The molecule has 3 nitrogen and oxygen atoms in total. The Bertz CT molecular complexity index is 212. The highest BCUT2D eigenvalue weighted by atomic mass is 15.2. The Morgan fingerprint density at radius 2 is 1.82 bits per heavy atom. The lowest BCUT2D eigenvalue weighted by atomic mass is 9.75. The van der Waals surface area contributed by atoms with E-state index >= 15 is 0 Å². The highest BCUT2D eigenvalue weighted by molar-refractivity contribution is 4.98. The summed E-state index contributed by atoms with van der Waals surface area (Å²) in [6, 6.07) is 0.673. The van der Waals surface area contributed by atoms with Crippen molar-refractivity contribution in [1.82, 2.24) is 15.1 Å². The molecule has 1 N–H and O–H groups in total. The Hall–Kier alpha value is -0.120. The monoisotopic (exact) mass is 241 g/mol. The van der Waals surface area contributed by atoms with E-state index in [4.69, 9.17) is 0 Å². The van der Waals surface area contributed by atoms with Crippen molar-refractivity contribution in [2.24, 2.45) is 0 Å². The van der Waals surface area contributed by atoms with E-state index in [1.165, 1.54) is 32.2 Å². The summed E-state index contributed by atoms with van der Waals surface area (Å²) in [6.45, 7) is 7.88. The van der Waals surface area contributed by atoms with Crippen molar-refractivity contribution in [3.05, 3.63) is 0 Å². The van der Waals surface area contributed by atoms with Crippen LogP contribution < -0.4 is 5.32 Å². The molecule has 0 aliphatic heterocycles. The van der Waals surface area contributed by atoms with E-state index in [0.29, 0.717) is 11.6 Å². The maximum Gasteiger partial charge on any atom is 0.0330 e. The first-order valence-electron chi connectivity index (χ1n) is 7.14. The highest BCUT2D eigenvalue weighted by Crippen LogP contribution is 2.36. The summed E-state index contributed by atoms with van der Waals surface area (Å²) in [6.07, 6.45) is 5.35. The second-order valence-electron chi connectivity index (χ2n) is 5.76. The number of nitrogens with zero attached hydrogens (tertiary/aromatic N) is 2. The third kappa shape index (κ3) is 3.67. The molecule has 1 rings (SSSR count). The van der Waals surface area contributed by atoms with Gasteiger partial charge in [-0.3, -0.25) is 0 Å². The van der Waals surface area contributed by atoms with E-state index in [2.05, 4.69) is 50.1 Å². The SMILES string of the molecule is CCNCC(CC)N(C)CC1(N(C)C)CCC1. The topological polar surface area (TPSA) is 18.5 Å². The molecule has 3 heteroatoms. The fourth-order valence-corrected chi connectivity index (χ4v) is 2.85. The van der Waals surface area contributed by atoms with E-state index in [1.54, 1.807) is 0 Å². The smallest absolute Gasteiger partial charge is 0.0330 e. The average Bonchev–Trinajstić information content (AvgIpc) is 2.24. The molecule has 0 amide bonds. The zero-order chi connectivity index (χ0) is 12.9. The molecule has 1 atom stereocenters. The zero-order valence-electron chi connectivity index (χ0n) is 12.4. The zero-order valence-corrected chi connectivity index (χ0v) is 12.4. The van der Waals surface area contributed by atoms with Crippen LogP contribution in [0.3, 0.4) is 0 Å². The van der Waals surface area contributed by atoms with Gasteiger partial charge < -0.3 is 15.1 Å². The predicted octanol–water partition coefficient (Wildman–Crippen LogP) is 1.79. The van der Waals surface area contributed by atoms with Crippen molar-refractivity contribution in [2.75, 3.05) is 40.8 Å². The lowest BCUT2D eigenvalue weighted by Gasteiger charge is -2.50. The van der Waals surface area contributed by atoms with Gasteiger partial charge in [-0.15, -0.1) is 0 Å². The van der Waals surface area contributed by atoms with Gasteiger partial charge in [0.1, 0.15) is 0 Å². The number of nitrogens with one attached hydrogen (secondary N) is 1. The number of hydrogen-bond acceptors (Lipinski definition) is 3. The van der Waals surface area contributed by atoms with Crippen molar-refractivity contribution in [3.63, 3.8) is 0 Å². The number of likely N-dealkylation sites (N-methyl/N-ethyl adjacent to an activating group) is 3. The minimum atomic E-state index is 0.453. The van der Waals surface area contributed by atoms with Gasteiger partial charge in [0.05, 0.1) is 0 Å². The van der Waals surface area contributed by atoms with Crippen molar-refractivity contribution < 1.29 is 0 Å². The average molecular weight is 241 g/mol. The first-order chi connectivity index (χ1) is 8.05. The van der Waals surface area contributed by atoms with Crippen LogP contribution >= 0.6 is 0 Å². The minimum absolute atomic E-state index is 0.453. The van der Waals surface area contributed by atoms with Gasteiger partial charge in [-0.1, -0.05) is 13.8 Å². The number of hydrogen-bond donors (Lipinski definition) is 1. The maximum absolute atomic E-state index is 3.48. The van der Waals surface area contributed by atoms with Crippen LogP contribution in [-0.4, -0.2) is 62.2 Å². The Kier molecular flexibility index (Phi) is 5.90. The summed E-state index contributed by atoms with van der Waals surface area (Å²) in [7, 11) is 6.76. The molecule has 0 aromatic heterocycles. The van der Waals surface area contributed by atoms with Gasteiger partial charge in [-0.2, -0.15) is 0 Å². The van der Waals surface area contributed by atoms with Crippen LogP contribution in [0, 0.1) is 0 Å². The van der Waals surface area contributed by atoms with Crippen LogP contribution in [0.4, 0.5) is 0 Å². The molecule has 102 valence electrons. The summed E-state index contributed by atoms with van der Waals surface area (Å²) in [5.41, 5.74) is 0.453. The summed E-state index contributed by atoms with van der Waals surface area (Å²) in [5, 5.41) is 3.48. The van der Waals surface area contributed by atoms with Crippen molar-refractivity contribution in [2.45, 2.75) is 51.1 Å². The molecule has 1 saturated carbocycles. The largest absolute Gasteiger partial charge is 0.315 e. The summed E-state index contributed by atoms with van der Waals surface area (Å²) >= 11 is 0. The first-order valence-corrected chi connectivity index (χ1v) is 7.14. The van der Waals surface area contributed by atoms with Crippen LogP contribution in [0.5, 0.6) is 0 Å². The normalized spacial score (nSPS) is 20.6. The molecule has 1 fully saturated rings. The molecule has 0 aromatic carbocycles. The maximum atomic E-state index is 3.48. The van der Waals surface area contributed by atoms with Crippen molar-refractivity contribution in [1.29, 1.82) is 0 Å². The molecule has 0 bridgehead atoms. The Morgan fingerprint density at radius 1 is 1.18 bits per heavy atom. The van der Waals surface area contributed by atoms with E-state index in [1.807, 2.05) is 0 Å². The molecule has 1 aliphatic rings. The highest BCUT2D eigenvalue weighted by Gasteiger charge is 2.40. The Balaban J connectivity index is 2.47. The van der Waals surface area contributed by atoms with Crippen LogP contribution in [0.1, 0.15) is 39.5 Å². The second-order valence-corrected chi connectivity index (χ2v) is 5.76. The van der Waals surface area contributed by atoms with Crippen LogP contribution in [0.2, 0.25) is 0 Å². The first kappa shape index (κ1) is 14.9. The molecule has 0 aromatic rings. The number of rotatable bonds is 8. The van der Waals surface area contributed by atoms with Gasteiger partial charge in [-0.25, -0.2) is 0 Å². The molecule has 1 aliphatic carbocycles. The van der Waals surface area contributed by atoms with Gasteiger partial charge in [0.25, 0.3) is 0 Å². The van der Waals surface area contributed by atoms with Crippen molar-refractivity contribution >= 4 is 0 Å². The molecule has 17 heavy (non-hydrogen) atoms.